The van der Waals surface area contributed by atoms with E-state index in [9.17, 15) is 4.79 Å². The lowest BCUT2D eigenvalue weighted by Gasteiger charge is -2.07. The summed E-state index contributed by atoms with van der Waals surface area (Å²) in [4.78, 5) is 38.4. The van der Waals surface area contributed by atoms with E-state index >= 15 is 0 Å². The topological polar surface area (TPSA) is 120 Å². The van der Waals surface area contributed by atoms with Crippen molar-refractivity contribution in [3.05, 3.63) is 0 Å². The Balaban J connectivity index is 3.19. The van der Waals surface area contributed by atoms with Gasteiger partial charge >= 0.3 is 6.09 Å². The van der Waals surface area contributed by atoms with Crippen LogP contribution in [0.4, 0.5) is 4.79 Å². The molecule has 212 valence electrons. The molecule has 0 fully saturated rings. The molecule has 0 spiro atoms. The van der Waals surface area contributed by atoms with E-state index in [1.807, 2.05) is 11.8 Å². The molecule has 0 aromatic carbocycles. The third-order valence-corrected chi connectivity index (χ3v) is 12.4. The second-order valence-corrected chi connectivity index (χ2v) is 16.2. The van der Waals surface area contributed by atoms with Gasteiger partial charge in [0.2, 0.25) is 12.8 Å². The van der Waals surface area contributed by atoms with Gasteiger partial charge in [0.15, 0.2) is 0 Å². The van der Waals surface area contributed by atoms with Gasteiger partial charge in [-0.15, -0.1) is 106 Å². The van der Waals surface area contributed by atoms with E-state index in [2.05, 4.69) is 27.9 Å². The van der Waals surface area contributed by atoms with Crippen LogP contribution in [0.3, 0.4) is 0 Å². The summed E-state index contributed by atoms with van der Waals surface area (Å²) in [6, 6.07) is 0. The number of thioether (sulfide) groups is 9. The van der Waals surface area contributed by atoms with E-state index in [1.165, 1.54) is 24.6 Å². The second kappa shape index (κ2) is 34.6. The monoisotopic (exact) mass is 697 g/mol. The van der Waals surface area contributed by atoms with Crippen molar-refractivity contribution in [2.45, 2.75) is 0 Å². The predicted molar refractivity (Wildman–Crippen MR) is 174 cm³/mol. The highest BCUT2D eigenvalue weighted by Crippen LogP contribution is 2.22. The number of hydrogen-bond donors (Lipinski definition) is 3. The summed E-state index contributed by atoms with van der Waals surface area (Å²) in [6.45, 7) is 0. The zero-order chi connectivity index (χ0) is 26.2. The van der Waals surface area contributed by atoms with Crippen molar-refractivity contribution in [3.8, 4) is 0 Å². The third kappa shape index (κ3) is 33.6. The third-order valence-electron chi connectivity index (χ3n) is 2.56. The molecular formula is C16H31N3O7S10. The summed E-state index contributed by atoms with van der Waals surface area (Å²) in [6.07, 6.45) is 2.11. The normalized spacial score (nSPS) is 11.4. The van der Waals surface area contributed by atoms with Crippen LogP contribution in [0.15, 0.2) is 9.98 Å². The van der Waals surface area contributed by atoms with Crippen molar-refractivity contribution >= 4 is 137 Å². The minimum atomic E-state index is -0.384. The molecule has 10 nitrogen and oxygen atoms in total. The number of carbonyl (C=O) groups excluding carboxylic acids is 1. The number of aliphatic hydroxyl groups is 1. The van der Waals surface area contributed by atoms with Crippen LogP contribution < -0.4 is 5.32 Å². The van der Waals surface area contributed by atoms with Gasteiger partial charge in [-0.3, -0.25) is 0 Å². The van der Waals surface area contributed by atoms with Gasteiger partial charge in [-0.2, -0.15) is 22.4 Å². The van der Waals surface area contributed by atoms with Crippen LogP contribution in [0.25, 0.3) is 0 Å². The van der Waals surface area contributed by atoms with Crippen LogP contribution in [-0.4, -0.2) is 95.9 Å². The molecule has 2 N–H and O–H groups in total. The number of alkyl carbamates (subject to hydrolysis) is 1. The maximum Gasteiger partial charge on any atom is 0.408 e. The Labute approximate surface area is 256 Å². The second-order valence-electron chi connectivity index (χ2n) is 5.05. The van der Waals surface area contributed by atoms with Gasteiger partial charge in [0.25, 0.3) is 0 Å². The molecular weight excluding hydrogens is 667 g/mol. The van der Waals surface area contributed by atoms with Crippen LogP contribution >= 0.6 is 118 Å². The fourth-order valence-corrected chi connectivity index (χ4v) is 9.80. The van der Waals surface area contributed by atoms with E-state index in [-0.39, 0.29) is 18.0 Å². The van der Waals surface area contributed by atoms with Crippen molar-refractivity contribution in [3.63, 3.8) is 0 Å². The standard InChI is InChI=1S/C16H31N3O7S10/c20-6-30-8-25-24-2-18-4-28-10-33-14-34-11-29-5-19-16(21)22-7-31-12-35-15-36-13-32-9-26-23-1-17-3-27/h1-2,20,27H,3-15H2,(H,19,21). The van der Waals surface area contributed by atoms with Crippen molar-refractivity contribution in [2.24, 2.45) is 9.98 Å². The zero-order valence-corrected chi connectivity index (χ0v) is 27.5. The first-order valence-corrected chi connectivity index (χ1v) is 20.7. The molecule has 0 aliphatic rings. The maximum atomic E-state index is 11.6. The van der Waals surface area contributed by atoms with Crippen molar-refractivity contribution in [1.82, 2.24) is 5.32 Å². The van der Waals surface area contributed by atoms with Gasteiger partial charge in [0, 0.05) is 30.5 Å². The molecule has 0 rings (SSSR count). The first-order valence-electron chi connectivity index (χ1n) is 9.66. The van der Waals surface area contributed by atoms with Crippen LogP contribution in [0.2, 0.25) is 0 Å². The number of hydrogen-bond acceptors (Lipinski definition) is 19. The van der Waals surface area contributed by atoms with E-state index in [0.717, 1.165) is 30.5 Å². The maximum absolute atomic E-state index is 11.6. The van der Waals surface area contributed by atoms with E-state index in [4.69, 9.17) is 29.4 Å². The van der Waals surface area contributed by atoms with Gasteiger partial charge in [-0.05, 0) is 0 Å². The fraction of sp³-hybridized carbons (Fsp3) is 0.812. The Morgan fingerprint density at radius 2 is 1.31 bits per heavy atom. The number of aliphatic imine (C=N–C) groups is 2. The molecule has 0 aliphatic carbocycles. The summed E-state index contributed by atoms with van der Waals surface area (Å²) in [7, 11) is 0. The minimum Gasteiger partial charge on any atom is -0.438 e. The Kier molecular flexibility index (Phi) is 36.1. The number of nitrogens with one attached hydrogen (secondary N) is 1. The predicted octanol–water partition coefficient (Wildman–Crippen LogP) is 5.63. The van der Waals surface area contributed by atoms with Crippen molar-refractivity contribution < 1.29 is 34.2 Å². The van der Waals surface area contributed by atoms with Crippen LogP contribution in [0.1, 0.15) is 0 Å². The summed E-state index contributed by atoms with van der Waals surface area (Å²) >= 11 is 18.8. The first-order chi connectivity index (χ1) is 17.8. The van der Waals surface area contributed by atoms with Crippen LogP contribution in [-0.2, 0) is 24.3 Å². The summed E-state index contributed by atoms with van der Waals surface area (Å²) in [5.74, 6) is 2.55. The lowest BCUT2D eigenvalue weighted by atomic mass is 11.1. The molecule has 0 saturated carbocycles. The lowest BCUT2D eigenvalue weighted by molar-refractivity contribution is -0.196. The Bertz CT molecular complexity index is 533. The molecule has 36 heavy (non-hydrogen) atoms. The first kappa shape index (κ1) is 37.6. The molecule has 1 amide bonds. The highest BCUT2D eigenvalue weighted by atomic mass is 32.3. The van der Waals surface area contributed by atoms with Gasteiger partial charge in [0.1, 0.15) is 17.8 Å². The zero-order valence-electron chi connectivity index (χ0n) is 19.3. The highest BCUT2D eigenvalue weighted by Gasteiger charge is 2.01. The van der Waals surface area contributed by atoms with Gasteiger partial charge in [-0.1, -0.05) is 0 Å². The van der Waals surface area contributed by atoms with E-state index < -0.39 is 0 Å². The molecule has 0 bridgehead atoms. The number of amides is 1. The Morgan fingerprint density at radius 1 is 0.750 bits per heavy atom. The average Bonchev–Trinajstić information content (AvgIpc) is 2.88. The Hall–Kier alpha value is 1.59. The number of nitrogens with zero attached hydrogens (tertiary/aromatic N) is 2. The summed E-state index contributed by atoms with van der Waals surface area (Å²) in [5.41, 5.74) is 0. The fourth-order valence-electron chi connectivity index (χ4n) is 1.29. The molecule has 0 heterocycles. The summed E-state index contributed by atoms with van der Waals surface area (Å²) < 4.78 is 5.14. The molecule has 0 saturated heterocycles. The number of rotatable bonds is 28. The van der Waals surface area contributed by atoms with E-state index in [0.29, 0.717) is 29.5 Å². The number of carbonyl (C=O) groups is 1. The average molecular weight is 698 g/mol. The highest BCUT2D eigenvalue weighted by molar-refractivity contribution is 8.26. The van der Waals surface area contributed by atoms with Crippen LogP contribution in [0, 0.1) is 0 Å². The number of ether oxygens (including phenoxy) is 1. The smallest absolute Gasteiger partial charge is 0.408 e. The minimum absolute atomic E-state index is 0.00336. The van der Waals surface area contributed by atoms with Gasteiger partial charge in [-0.25, -0.2) is 14.8 Å². The number of thiol groups is 1. The summed E-state index contributed by atoms with van der Waals surface area (Å²) in [5, 5.41) is 16.8. The number of aliphatic hydroxyl groups excluding tert-OH is 1. The SMILES string of the molecule is O=C(NCSCSCSCSCN=COOCSCO)OCSCSCSCSCOOC=NCS. The molecule has 0 aliphatic heterocycles. The lowest BCUT2D eigenvalue weighted by Crippen LogP contribution is -2.23. The van der Waals surface area contributed by atoms with E-state index in [1.54, 1.807) is 82.3 Å². The molecule has 0 radical (unpaired) electrons. The van der Waals surface area contributed by atoms with Crippen molar-refractivity contribution in [2.75, 3.05) is 71.9 Å². The molecule has 0 atom stereocenters. The molecule has 20 heteroatoms. The van der Waals surface area contributed by atoms with Crippen molar-refractivity contribution in [1.29, 1.82) is 0 Å². The largest absolute Gasteiger partial charge is 0.438 e. The van der Waals surface area contributed by atoms with Gasteiger partial charge < -0.3 is 24.9 Å². The quantitative estimate of drug-likeness (QED) is 0.0178. The molecule has 0 aromatic rings. The molecule has 0 aromatic heterocycles. The van der Waals surface area contributed by atoms with Crippen LogP contribution in [0.5, 0.6) is 0 Å². The molecule has 0 unspecified atom stereocenters. The Morgan fingerprint density at radius 3 is 1.97 bits per heavy atom. The van der Waals surface area contributed by atoms with Gasteiger partial charge in [0.05, 0.1) is 23.6 Å².